The van der Waals surface area contributed by atoms with Crippen molar-refractivity contribution in [3.63, 3.8) is 0 Å². The summed E-state index contributed by atoms with van der Waals surface area (Å²) in [5, 5.41) is 20.8. The fraction of sp³-hybridized carbons (Fsp3) is 0.286. The van der Waals surface area contributed by atoms with Crippen molar-refractivity contribution in [2.75, 3.05) is 0 Å². The van der Waals surface area contributed by atoms with E-state index in [0.29, 0.717) is 11.3 Å². The first kappa shape index (κ1) is 12.4. The summed E-state index contributed by atoms with van der Waals surface area (Å²) in [6.07, 6.45) is 2.61. The summed E-state index contributed by atoms with van der Waals surface area (Å²) in [4.78, 5) is 5.36. The molecule has 100 valence electrons. The third kappa shape index (κ3) is 2.38. The van der Waals surface area contributed by atoms with Crippen molar-refractivity contribution in [2.45, 2.75) is 25.9 Å². The van der Waals surface area contributed by atoms with Crippen LogP contribution in [-0.2, 0) is 17.9 Å². The number of fused-ring (bicyclic) bond motifs is 1. The molecular weight excluding hydrogens is 256 g/mol. The highest BCUT2D eigenvalue weighted by atomic mass is 16.6. The van der Waals surface area contributed by atoms with E-state index in [1.54, 1.807) is 6.07 Å². The summed E-state index contributed by atoms with van der Waals surface area (Å²) in [6.45, 7) is 0.258. The molecule has 0 unspecified atom stereocenters. The van der Waals surface area contributed by atoms with Crippen LogP contribution in [0.2, 0.25) is 0 Å². The first-order chi connectivity index (χ1) is 9.88. The van der Waals surface area contributed by atoms with Gasteiger partial charge in [0, 0.05) is 5.56 Å². The SMILES string of the molecule is N#Cc1ccccc1CO/N=C1/CCCc2nonc21. The fourth-order valence-corrected chi connectivity index (χ4v) is 2.16. The zero-order valence-electron chi connectivity index (χ0n) is 10.7. The Balaban J connectivity index is 1.72. The normalized spacial score (nSPS) is 15.7. The van der Waals surface area contributed by atoms with Crippen LogP contribution >= 0.6 is 0 Å². The lowest BCUT2D eigenvalue weighted by molar-refractivity contribution is 0.129. The molecule has 0 saturated heterocycles. The number of nitriles is 1. The number of rotatable bonds is 3. The molecule has 0 atom stereocenters. The lowest BCUT2D eigenvalue weighted by Crippen LogP contribution is -2.12. The van der Waals surface area contributed by atoms with Crippen LogP contribution in [0.15, 0.2) is 34.1 Å². The number of aromatic nitrogens is 2. The fourth-order valence-electron chi connectivity index (χ4n) is 2.16. The van der Waals surface area contributed by atoms with Gasteiger partial charge >= 0.3 is 0 Å². The highest BCUT2D eigenvalue weighted by molar-refractivity contribution is 6.00. The first-order valence-corrected chi connectivity index (χ1v) is 6.37. The van der Waals surface area contributed by atoms with E-state index in [2.05, 4.69) is 21.5 Å². The predicted molar refractivity (Wildman–Crippen MR) is 69.7 cm³/mol. The van der Waals surface area contributed by atoms with Crippen molar-refractivity contribution >= 4 is 5.71 Å². The third-order valence-corrected chi connectivity index (χ3v) is 3.19. The van der Waals surface area contributed by atoms with E-state index in [9.17, 15) is 0 Å². The highest BCUT2D eigenvalue weighted by Crippen LogP contribution is 2.18. The van der Waals surface area contributed by atoms with Gasteiger partial charge in [-0.15, -0.1) is 0 Å². The summed E-state index contributed by atoms with van der Waals surface area (Å²) in [5.74, 6) is 0. The Morgan fingerprint density at radius 3 is 3.10 bits per heavy atom. The molecule has 0 saturated carbocycles. The van der Waals surface area contributed by atoms with Crippen molar-refractivity contribution < 1.29 is 9.47 Å². The summed E-state index contributed by atoms with van der Waals surface area (Å²) in [5.41, 5.74) is 3.68. The van der Waals surface area contributed by atoms with Gasteiger partial charge in [0.05, 0.1) is 11.6 Å². The maximum absolute atomic E-state index is 9.00. The standard InChI is InChI=1S/C14H12N4O2/c15-8-10-4-1-2-5-11(10)9-19-16-12-6-3-7-13-14(12)18-20-17-13/h1-2,4-5H,3,6-7,9H2/b16-12-. The molecule has 1 aromatic heterocycles. The van der Waals surface area contributed by atoms with Crippen LogP contribution in [-0.4, -0.2) is 16.0 Å². The predicted octanol–water partition coefficient (Wildman–Crippen LogP) is 2.20. The van der Waals surface area contributed by atoms with Gasteiger partial charge in [-0.05, 0) is 30.5 Å². The Bertz CT molecular complexity index is 684. The molecule has 0 bridgehead atoms. The molecular formula is C14H12N4O2. The number of benzene rings is 1. The molecule has 1 aliphatic carbocycles. The van der Waals surface area contributed by atoms with Crippen molar-refractivity contribution in [1.29, 1.82) is 5.26 Å². The lowest BCUT2D eigenvalue weighted by atomic mass is 9.99. The number of nitrogens with zero attached hydrogens (tertiary/aromatic N) is 4. The van der Waals surface area contributed by atoms with E-state index in [0.717, 1.165) is 36.2 Å². The second kappa shape index (κ2) is 5.53. The lowest BCUT2D eigenvalue weighted by Gasteiger charge is -2.09. The molecule has 6 heteroatoms. The molecule has 1 aromatic carbocycles. The van der Waals surface area contributed by atoms with Crippen LogP contribution < -0.4 is 0 Å². The molecule has 0 radical (unpaired) electrons. The van der Waals surface area contributed by atoms with Crippen LogP contribution in [0.1, 0.15) is 35.4 Å². The molecule has 1 heterocycles. The number of aryl methyl sites for hydroxylation is 1. The summed E-state index contributed by atoms with van der Waals surface area (Å²) in [6, 6.07) is 9.43. The summed E-state index contributed by atoms with van der Waals surface area (Å²) >= 11 is 0. The van der Waals surface area contributed by atoms with E-state index >= 15 is 0 Å². The molecule has 0 N–H and O–H groups in total. The minimum absolute atomic E-state index is 0.258. The highest BCUT2D eigenvalue weighted by Gasteiger charge is 2.21. The van der Waals surface area contributed by atoms with E-state index in [1.165, 1.54) is 0 Å². The van der Waals surface area contributed by atoms with Gasteiger partial charge in [0.15, 0.2) is 5.69 Å². The summed E-state index contributed by atoms with van der Waals surface area (Å²) < 4.78 is 4.72. The van der Waals surface area contributed by atoms with Crippen LogP contribution in [0.4, 0.5) is 0 Å². The second-order valence-electron chi connectivity index (χ2n) is 4.49. The average molecular weight is 268 g/mol. The number of hydrogen-bond acceptors (Lipinski definition) is 6. The second-order valence-corrected chi connectivity index (χ2v) is 4.49. The maximum Gasteiger partial charge on any atom is 0.155 e. The van der Waals surface area contributed by atoms with E-state index in [1.807, 2.05) is 18.2 Å². The quantitative estimate of drug-likeness (QED) is 0.797. The maximum atomic E-state index is 9.00. The van der Waals surface area contributed by atoms with E-state index in [4.69, 9.17) is 14.7 Å². The Kier molecular flexibility index (Phi) is 3.42. The van der Waals surface area contributed by atoms with Gasteiger partial charge in [0.1, 0.15) is 18.0 Å². The van der Waals surface area contributed by atoms with Crippen LogP contribution in [0, 0.1) is 11.3 Å². The van der Waals surface area contributed by atoms with Crippen molar-refractivity contribution in [1.82, 2.24) is 10.3 Å². The van der Waals surface area contributed by atoms with Gasteiger partial charge in [-0.25, -0.2) is 4.63 Å². The molecule has 1 aliphatic rings. The van der Waals surface area contributed by atoms with Gasteiger partial charge < -0.3 is 4.84 Å². The minimum Gasteiger partial charge on any atom is -0.391 e. The van der Waals surface area contributed by atoms with Gasteiger partial charge in [-0.2, -0.15) is 5.26 Å². The number of hydrogen-bond donors (Lipinski definition) is 0. The molecule has 2 aromatic rings. The van der Waals surface area contributed by atoms with Crippen LogP contribution in [0.25, 0.3) is 0 Å². The van der Waals surface area contributed by atoms with E-state index in [-0.39, 0.29) is 6.61 Å². The largest absolute Gasteiger partial charge is 0.391 e. The van der Waals surface area contributed by atoms with Gasteiger partial charge in [0.2, 0.25) is 0 Å². The third-order valence-electron chi connectivity index (χ3n) is 3.19. The van der Waals surface area contributed by atoms with Crippen LogP contribution in [0.5, 0.6) is 0 Å². The smallest absolute Gasteiger partial charge is 0.155 e. The Hall–Kier alpha value is -2.68. The average Bonchev–Trinajstić information content (AvgIpc) is 2.97. The molecule has 6 nitrogen and oxygen atoms in total. The summed E-state index contributed by atoms with van der Waals surface area (Å²) in [7, 11) is 0. The zero-order chi connectivity index (χ0) is 13.8. The monoisotopic (exact) mass is 268 g/mol. The molecule has 0 aliphatic heterocycles. The molecule has 0 spiro atoms. The van der Waals surface area contributed by atoms with Gasteiger partial charge in [-0.1, -0.05) is 28.5 Å². The number of oxime groups is 1. The topological polar surface area (TPSA) is 84.3 Å². The van der Waals surface area contributed by atoms with Gasteiger partial charge in [0.25, 0.3) is 0 Å². The molecule has 3 rings (SSSR count). The molecule has 0 fully saturated rings. The van der Waals surface area contributed by atoms with Gasteiger partial charge in [-0.3, -0.25) is 0 Å². The zero-order valence-corrected chi connectivity index (χ0v) is 10.7. The first-order valence-electron chi connectivity index (χ1n) is 6.37. The van der Waals surface area contributed by atoms with E-state index < -0.39 is 0 Å². The Morgan fingerprint density at radius 1 is 1.30 bits per heavy atom. The Labute approximate surface area is 115 Å². The Morgan fingerprint density at radius 2 is 2.20 bits per heavy atom. The molecule has 0 amide bonds. The van der Waals surface area contributed by atoms with Crippen LogP contribution in [0.3, 0.4) is 0 Å². The van der Waals surface area contributed by atoms with Crippen molar-refractivity contribution in [2.24, 2.45) is 5.16 Å². The molecule has 20 heavy (non-hydrogen) atoms. The van der Waals surface area contributed by atoms with Crippen molar-refractivity contribution in [3.05, 3.63) is 46.8 Å². The van der Waals surface area contributed by atoms with Crippen molar-refractivity contribution in [3.8, 4) is 6.07 Å². The minimum atomic E-state index is 0.258.